The van der Waals surface area contributed by atoms with E-state index in [-0.39, 0.29) is 0 Å². The van der Waals surface area contributed by atoms with E-state index in [9.17, 15) is 0 Å². The number of benzene rings is 1. The molecule has 0 bridgehead atoms. The molecule has 2 unspecified atom stereocenters. The Morgan fingerprint density at radius 1 is 1.12 bits per heavy atom. The maximum absolute atomic E-state index is 6.02. The summed E-state index contributed by atoms with van der Waals surface area (Å²) < 4.78 is 5.79. The molecule has 5 nitrogen and oxygen atoms in total. The fourth-order valence-electron chi connectivity index (χ4n) is 3.24. The average Bonchev–Trinajstić information content (AvgIpc) is 2.54. The Bertz CT molecular complexity index is 515. The number of morpholine rings is 1. The van der Waals surface area contributed by atoms with Crippen molar-refractivity contribution in [1.82, 2.24) is 9.80 Å². The zero-order valence-corrected chi connectivity index (χ0v) is 15.5. The Morgan fingerprint density at radius 3 is 2.21 bits per heavy atom. The highest BCUT2D eigenvalue weighted by Crippen LogP contribution is 2.15. The minimum Gasteiger partial charge on any atom is -0.373 e. The maximum Gasteiger partial charge on any atom is 0.191 e. The van der Waals surface area contributed by atoms with Gasteiger partial charge in [0.1, 0.15) is 0 Å². The van der Waals surface area contributed by atoms with Crippen LogP contribution in [0.3, 0.4) is 0 Å². The van der Waals surface area contributed by atoms with Crippen molar-refractivity contribution >= 4 is 5.96 Å². The lowest BCUT2D eigenvalue weighted by atomic mass is 10.1. The van der Waals surface area contributed by atoms with Crippen molar-refractivity contribution in [3.05, 3.63) is 35.4 Å². The van der Waals surface area contributed by atoms with Gasteiger partial charge in [0.05, 0.1) is 18.8 Å². The summed E-state index contributed by atoms with van der Waals surface area (Å²) in [6.07, 6.45) is 0.621. The van der Waals surface area contributed by atoms with Crippen molar-refractivity contribution in [2.24, 2.45) is 10.7 Å². The molecule has 0 radical (unpaired) electrons. The number of nitrogens with zero attached hydrogens (tertiary/aromatic N) is 3. The van der Waals surface area contributed by atoms with Gasteiger partial charge in [-0.3, -0.25) is 4.90 Å². The van der Waals surface area contributed by atoms with E-state index in [1.165, 1.54) is 11.1 Å². The average molecular weight is 332 g/mol. The zero-order valence-electron chi connectivity index (χ0n) is 15.5. The van der Waals surface area contributed by atoms with Gasteiger partial charge in [-0.25, -0.2) is 4.99 Å². The highest BCUT2D eigenvalue weighted by molar-refractivity contribution is 5.77. The molecule has 1 aliphatic rings. The number of ether oxygens (including phenoxy) is 1. The molecule has 1 aliphatic heterocycles. The first kappa shape index (κ1) is 18.7. The molecule has 0 aliphatic carbocycles. The fraction of sp³-hybridized carbons (Fsp3) is 0.632. The summed E-state index contributed by atoms with van der Waals surface area (Å²) in [5.74, 6) is 0.625. The molecule has 0 aromatic heterocycles. The van der Waals surface area contributed by atoms with Gasteiger partial charge >= 0.3 is 0 Å². The number of hydrogen-bond acceptors (Lipinski definition) is 3. The predicted octanol–water partition coefficient (Wildman–Crippen LogP) is 2.45. The third-order valence-corrected chi connectivity index (χ3v) is 4.44. The van der Waals surface area contributed by atoms with Gasteiger partial charge in [0, 0.05) is 32.7 Å². The van der Waals surface area contributed by atoms with E-state index in [2.05, 4.69) is 66.8 Å². The monoisotopic (exact) mass is 332 g/mol. The van der Waals surface area contributed by atoms with Crippen molar-refractivity contribution in [3.8, 4) is 0 Å². The van der Waals surface area contributed by atoms with Crippen LogP contribution in [0.2, 0.25) is 0 Å². The Morgan fingerprint density at radius 2 is 1.67 bits per heavy atom. The quantitative estimate of drug-likeness (QED) is 0.642. The highest BCUT2D eigenvalue weighted by atomic mass is 16.5. The Hall–Kier alpha value is -1.59. The van der Waals surface area contributed by atoms with Crippen molar-refractivity contribution in [2.45, 2.75) is 53.0 Å². The van der Waals surface area contributed by atoms with Crippen LogP contribution in [-0.2, 0) is 17.8 Å². The molecule has 2 N–H and O–H groups in total. The van der Waals surface area contributed by atoms with Gasteiger partial charge in [-0.15, -0.1) is 0 Å². The number of rotatable bonds is 6. The molecule has 24 heavy (non-hydrogen) atoms. The van der Waals surface area contributed by atoms with Crippen LogP contribution in [0, 0.1) is 0 Å². The molecule has 0 amide bonds. The molecule has 1 aromatic rings. The van der Waals surface area contributed by atoms with E-state index in [1.54, 1.807) is 0 Å². The first-order valence-corrected chi connectivity index (χ1v) is 9.02. The van der Waals surface area contributed by atoms with Gasteiger partial charge in [-0.1, -0.05) is 24.3 Å². The first-order chi connectivity index (χ1) is 11.5. The van der Waals surface area contributed by atoms with Crippen LogP contribution in [0.1, 0.15) is 38.8 Å². The Labute approximate surface area is 146 Å². The molecule has 2 atom stereocenters. The normalized spacial score (nSPS) is 22.6. The van der Waals surface area contributed by atoms with E-state index < -0.39 is 0 Å². The van der Waals surface area contributed by atoms with Crippen LogP contribution in [0.15, 0.2) is 29.3 Å². The molecule has 2 rings (SSSR count). The van der Waals surface area contributed by atoms with Crippen LogP contribution >= 0.6 is 0 Å². The van der Waals surface area contributed by atoms with Crippen LogP contribution in [0.5, 0.6) is 0 Å². The molecule has 1 heterocycles. The van der Waals surface area contributed by atoms with E-state index >= 15 is 0 Å². The molecular formula is C19H32N4O. The lowest BCUT2D eigenvalue weighted by Gasteiger charge is -2.35. The minimum atomic E-state index is 0.311. The summed E-state index contributed by atoms with van der Waals surface area (Å²) in [6.45, 7) is 13.9. The zero-order chi connectivity index (χ0) is 17.5. The smallest absolute Gasteiger partial charge is 0.191 e. The molecule has 134 valence electrons. The largest absolute Gasteiger partial charge is 0.373 e. The van der Waals surface area contributed by atoms with Crippen LogP contribution < -0.4 is 5.73 Å². The lowest BCUT2D eigenvalue weighted by Crippen LogP contribution is -2.44. The van der Waals surface area contributed by atoms with Gasteiger partial charge in [-0.2, -0.15) is 0 Å². The van der Waals surface area contributed by atoms with Gasteiger partial charge in [0.15, 0.2) is 5.96 Å². The Balaban J connectivity index is 1.90. The molecule has 1 saturated heterocycles. The van der Waals surface area contributed by atoms with Crippen LogP contribution in [0.25, 0.3) is 0 Å². The molecule has 0 saturated carbocycles. The molecule has 0 spiro atoms. The van der Waals surface area contributed by atoms with E-state index in [0.717, 1.165) is 32.7 Å². The van der Waals surface area contributed by atoms with Gasteiger partial charge in [-0.05, 0) is 38.8 Å². The third kappa shape index (κ3) is 5.49. The summed E-state index contributed by atoms with van der Waals surface area (Å²) in [5.41, 5.74) is 8.55. The maximum atomic E-state index is 6.02. The first-order valence-electron chi connectivity index (χ1n) is 9.02. The lowest BCUT2D eigenvalue weighted by molar-refractivity contribution is -0.0704. The summed E-state index contributed by atoms with van der Waals surface area (Å²) >= 11 is 0. The summed E-state index contributed by atoms with van der Waals surface area (Å²) in [5, 5.41) is 0. The van der Waals surface area contributed by atoms with Crippen molar-refractivity contribution in [2.75, 3.05) is 26.2 Å². The van der Waals surface area contributed by atoms with Crippen LogP contribution in [-0.4, -0.2) is 54.1 Å². The van der Waals surface area contributed by atoms with E-state index in [0.29, 0.717) is 24.7 Å². The summed E-state index contributed by atoms with van der Waals surface area (Å²) in [6, 6.07) is 8.70. The van der Waals surface area contributed by atoms with E-state index in [4.69, 9.17) is 10.5 Å². The number of aliphatic imine (C=N–C) groups is 1. The summed E-state index contributed by atoms with van der Waals surface area (Å²) in [4.78, 5) is 9.02. The number of hydrogen-bond donors (Lipinski definition) is 1. The SMILES string of the molecule is CCN(CC)C(N)=NCc1ccc(CN2CC(C)OC(C)C2)cc1. The minimum absolute atomic E-state index is 0.311. The second kappa shape index (κ2) is 9.04. The molecular weight excluding hydrogens is 300 g/mol. The number of guanidine groups is 1. The fourth-order valence-corrected chi connectivity index (χ4v) is 3.24. The molecule has 1 aromatic carbocycles. The van der Waals surface area contributed by atoms with Gasteiger partial charge in [0.2, 0.25) is 0 Å². The second-order valence-electron chi connectivity index (χ2n) is 6.61. The summed E-state index contributed by atoms with van der Waals surface area (Å²) in [7, 11) is 0. The van der Waals surface area contributed by atoms with Crippen molar-refractivity contribution < 1.29 is 4.74 Å². The predicted molar refractivity (Wildman–Crippen MR) is 100.0 cm³/mol. The second-order valence-corrected chi connectivity index (χ2v) is 6.61. The standard InChI is InChI=1S/C19H32N4O/c1-5-23(6-2)19(20)21-11-17-7-9-18(10-8-17)14-22-12-15(3)24-16(4)13-22/h7-10,15-16H,5-6,11-14H2,1-4H3,(H2,20,21). The molecule has 1 fully saturated rings. The van der Waals surface area contributed by atoms with Crippen molar-refractivity contribution in [1.29, 1.82) is 0 Å². The van der Waals surface area contributed by atoms with Crippen LogP contribution in [0.4, 0.5) is 0 Å². The Kier molecular flexibility index (Phi) is 7.06. The number of nitrogens with two attached hydrogens (primary N) is 1. The third-order valence-electron chi connectivity index (χ3n) is 4.44. The highest BCUT2D eigenvalue weighted by Gasteiger charge is 2.21. The van der Waals surface area contributed by atoms with Gasteiger partial charge < -0.3 is 15.4 Å². The van der Waals surface area contributed by atoms with Crippen molar-refractivity contribution in [3.63, 3.8) is 0 Å². The van der Waals surface area contributed by atoms with Gasteiger partial charge in [0.25, 0.3) is 0 Å². The topological polar surface area (TPSA) is 54.1 Å². The molecule has 5 heteroatoms. The van der Waals surface area contributed by atoms with E-state index in [1.807, 2.05) is 0 Å².